The van der Waals surface area contributed by atoms with E-state index in [9.17, 15) is 0 Å². The predicted molar refractivity (Wildman–Crippen MR) is 73.8 cm³/mol. The summed E-state index contributed by atoms with van der Waals surface area (Å²) in [4.78, 5) is 0. The highest BCUT2D eigenvalue weighted by Gasteiger charge is 2.04. The van der Waals surface area contributed by atoms with Crippen molar-refractivity contribution in [2.24, 2.45) is 0 Å². The normalized spacial score (nSPS) is 10.6. The van der Waals surface area contributed by atoms with Crippen LogP contribution in [0.5, 0.6) is 0 Å². The van der Waals surface area contributed by atoms with Crippen LogP contribution in [0.3, 0.4) is 0 Å². The molecule has 0 spiro atoms. The third-order valence-corrected chi connectivity index (χ3v) is 3.15. The molecular formula is C15H17P. The highest BCUT2D eigenvalue weighted by Crippen LogP contribution is 2.15. The number of benzene rings is 2. The predicted octanol–water partition coefficient (Wildman–Crippen LogP) is 3.72. The van der Waals surface area contributed by atoms with Gasteiger partial charge in [-0.25, -0.2) is 0 Å². The Morgan fingerprint density at radius 1 is 0.688 bits per heavy atom. The average molecular weight is 228 g/mol. The molecule has 0 aromatic heterocycles. The van der Waals surface area contributed by atoms with E-state index in [1.54, 1.807) is 0 Å². The van der Waals surface area contributed by atoms with Gasteiger partial charge in [0.05, 0.1) is 0 Å². The molecule has 1 atom stereocenters. The Balaban J connectivity index is 1.92. The van der Waals surface area contributed by atoms with Crippen LogP contribution >= 0.6 is 9.24 Å². The lowest BCUT2D eigenvalue weighted by molar-refractivity contribution is 0.843. The number of hydrogen-bond acceptors (Lipinski definition) is 0. The van der Waals surface area contributed by atoms with E-state index in [0.717, 1.165) is 12.8 Å². The fourth-order valence-electron chi connectivity index (χ4n) is 1.91. The third kappa shape index (κ3) is 3.47. The number of hydrogen-bond donors (Lipinski definition) is 0. The SMILES string of the molecule is PC(Cc1ccccc1)Cc1ccccc1. The van der Waals surface area contributed by atoms with Gasteiger partial charge < -0.3 is 0 Å². The van der Waals surface area contributed by atoms with Gasteiger partial charge in [-0.15, -0.1) is 9.24 Å². The molecule has 1 heteroatoms. The van der Waals surface area contributed by atoms with Crippen molar-refractivity contribution in [1.82, 2.24) is 0 Å². The molecule has 1 unspecified atom stereocenters. The van der Waals surface area contributed by atoms with E-state index >= 15 is 0 Å². The first-order chi connectivity index (χ1) is 7.84. The summed E-state index contributed by atoms with van der Waals surface area (Å²) in [6, 6.07) is 21.3. The zero-order valence-electron chi connectivity index (χ0n) is 9.34. The van der Waals surface area contributed by atoms with E-state index in [1.165, 1.54) is 11.1 Å². The summed E-state index contributed by atoms with van der Waals surface area (Å²) < 4.78 is 0. The highest BCUT2D eigenvalue weighted by atomic mass is 31.0. The van der Waals surface area contributed by atoms with E-state index in [0.29, 0.717) is 5.66 Å². The smallest absolute Gasteiger partial charge is 0.0183 e. The minimum Gasteiger partial charge on any atom is -0.134 e. The Bertz CT molecular complexity index is 366. The quantitative estimate of drug-likeness (QED) is 0.700. The van der Waals surface area contributed by atoms with Gasteiger partial charge >= 0.3 is 0 Å². The van der Waals surface area contributed by atoms with E-state index in [4.69, 9.17) is 0 Å². The summed E-state index contributed by atoms with van der Waals surface area (Å²) in [5.74, 6) is 0. The van der Waals surface area contributed by atoms with Crippen LogP contribution in [0, 0.1) is 0 Å². The number of rotatable bonds is 4. The molecule has 2 aromatic rings. The van der Waals surface area contributed by atoms with E-state index in [1.807, 2.05) is 0 Å². The minimum absolute atomic E-state index is 0.616. The second kappa shape index (κ2) is 5.82. The molecule has 0 bridgehead atoms. The van der Waals surface area contributed by atoms with Crippen LogP contribution in [0.15, 0.2) is 60.7 Å². The van der Waals surface area contributed by atoms with Crippen LogP contribution in [-0.4, -0.2) is 5.66 Å². The van der Waals surface area contributed by atoms with Crippen molar-refractivity contribution in [3.8, 4) is 0 Å². The van der Waals surface area contributed by atoms with E-state index in [-0.39, 0.29) is 0 Å². The van der Waals surface area contributed by atoms with Crippen molar-refractivity contribution < 1.29 is 0 Å². The van der Waals surface area contributed by atoms with Gasteiger partial charge in [-0.05, 0) is 29.6 Å². The van der Waals surface area contributed by atoms with Gasteiger partial charge in [0.15, 0.2) is 0 Å². The summed E-state index contributed by atoms with van der Waals surface area (Å²) in [6.07, 6.45) is 2.25. The molecule has 0 aliphatic rings. The molecule has 0 nitrogen and oxygen atoms in total. The largest absolute Gasteiger partial charge is 0.134 e. The van der Waals surface area contributed by atoms with Gasteiger partial charge in [-0.1, -0.05) is 60.7 Å². The summed E-state index contributed by atoms with van der Waals surface area (Å²) in [5, 5.41) is 0. The summed E-state index contributed by atoms with van der Waals surface area (Å²) in [5.41, 5.74) is 3.45. The van der Waals surface area contributed by atoms with Gasteiger partial charge in [-0.2, -0.15) is 0 Å². The minimum atomic E-state index is 0.616. The highest BCUT2D eigenvalue weighted by molar-refractivity contribution is 7.17. The monoisotopic (exact) mass is 228 g/mol. The molecule has 0 saturated carbocycles. The van der Waals surface area contributed by atoms with Crippen LogP contribution in [0.1, 0.15) is 11.1 Å². The van der Waals surface area contributed by atoms with E-state index in [2.05, 4.69) is 69.9 Å². The molecule has 16 heavy (non-hydrogen) atoms. The Hall–Kier alpha value is -1.13. The zero-order chi connectivity index (χ0) is 11.2. The molecule has 2 rings (SSSR count). The molecular weight excluding hydrogens is 211 g/mol. The zero-order valence-corrected chi connectivity index (χ0v) is 10.5. The van der Waals surface area contributed by atoms with Crippen molar-refractivity contribution >= 4 is 9.24 Å². The van der Waals surface area contributed by atoms with Gasteiger partial charge in [0.25, 0.3) is 0 Å². The van der Waals surface area contributed by atoms with Crippen LogP contribution in [0.25, 0.3) is 0 Å². The van der Waals surface area contributed by atoms with Gasteiger partial charge in [-0.3, -0.25) is 0 Å². The van der Waals surface area contributed by atoms with Crippen molar-refractivity contribution in [2.75, 3.05) is 0 Å². The lowest BCUT2D eigenvalue weighted by Gasteiger charge is -2.11. The molecule has 0 amide bonds. The summed E-state index contributed by atoms with van der Waals surface area (Å²) in [7, 11) is 2.96. The fourth-order valence-corrected chi connectivity index (χ4v) is 2.45. The molecule has 0 N–H and O–H groups in total. The molecule has 2 aromatic carbocycles. The van der Waals surface area contributed by atoms with Gasteiger partial charge in [0, 0.05) is 0 Å². The Morgan fingerprint density at radius 2 is 1.06 bits per heavy atom. The summed E-state index contributed by atoms with van der Waals surface area (Å²) in [6.45, 7) is 0. The van der Waals surface area contributed by atoms with Crippen LogP contribution < -0.4 is 0 Å². The van der Waals surface area contributed by atoms with Crippen LogP contribution in [0.2, 0.25) is 0 Å². The Kier molecular flexibility index (Phi) is 4.13. The van der Waals surface area contributed by atoms with Crippen molar-refractivity contribution in [1.29, 1.82) is 0 Å². The molecule has 82 valence electrons. The first-order valence-corrected chi connectivity index (χ1v) is 6.34. The van der Waals surface area contributed by atoms with Crippen LogP contribution in [-0.2, 0) is 12.8 Å². The second-order valence-corrected chi connectivity index (χ2v) is 5.08. The maximum Gasteiger partial charge on any atom is -0.0183 e. The maximum atomic E-state index is 2.96. The van der Waals surface area contributed by atoms with Crippen LogP contribution in [0.4, 0.5) is 0 Å². The second-order valence-electron chi connectivity index (χ2n) is 4.14. The average Bonchev–Trinajstić information content (AvgIpc) is 2.31. The molecule has 0 aliphatic heterocycles. The molecule has 0 saturated heterocycles. The molecule has 0 aliphatic carbocycles. The first kappa shape index (κ1) is 11.4. The third-order valence-electron chi connectivity index (χ3n) is 2.68. The molecule has 0 heterocycles. The topological polar surface area (TPSA) is 0 Å². The van der Waals surface area contributed by atoms with Crippen molar-refractivity contribution in [2.45, 2.75) is 18.5 Å². The van der Waals surface area contributed by atoms with Gasteiger partial charge in [0.2, 0.25) is 0 Å². The summed E-state index contributed by atoms with van der Waals surface area (Å²) >= 11 is 0. The van der Waals surface area contributed by atoms with Gasteiger partial charge in [0.1, 0.15) is 0 Å². The fraction of sp³-hybridized carbons (Fsp3) is 0.200. The first-order valence-electron chi connectivity index (χ1n) is 5.68. The van der Waals surface area contributed by atoms with Crippen molar-refractivity contribution in [3.63, 3.8) is 0 Å². The lowest BCUT2D eigenvalue weighted by Crippen LogP contribution is -2.06. The lowest BCUT2D eigenvalue weighted by atomic mass is 10.0. The maximum absolute atomic E-state index is 2.96. The Labute approximate surface area is 99.9 Å². The molecule has 0 radical (unpaired) electrons. The molecule has 0 fully saturated rings. The van der Waals surface area contributed by atoms with Crippen molar-refractivity contribution in [3.05, 3.63) is 71.8 Å². The Morgan fingerprint density at radius 3 is 1.44 bits per heavy atom. The standard InChI is InChI=1S/C15H17P/c16-15(11-13-7-3-1-4-8-13)12-14-9-5-2-6-10-14/h1-10,15H,11-12,16H2. The van der Waals surface area contributed by atoms with E-state index < -0.39 is 0 Å².